The molecule has 0 atom stereocenters. The number of carbonyl (C=O) groups is 2. The van der Waals surface area contributed by atoms with E-state index in [1.54, 1.807) is 19.1 Å². The third kappa shape index (κ3) is 5.30. The first-order chi connectivity index (χ1) is 9.54. The number of hydrogen-bond donors (Lipinski definition) is 1. The lowest BCUT2D eigenvalue weighted by molar-refractivity contribution is -0.137. The van der Waals surface area contributed by atoms with Crippen molar-refractivity contribution in [3.8, 4) is 5.75 Å². The van der Waals surface area contributed by atoms with Gasteiger partial charge in [0.15, 0.2) is 0 Å². The van der Waals surface area contributed by atoms with Crippen LogP contribution in [-0.2, 0) is 16.1 Å². The largest absolute Gasteiger partial charge is 0.496 e. The van der Waals surface area contributed by atoms with E-state index in [0.717, 1.165) is 11.3 Å². The van der Waals surface area contributed by atoms with Crippen LogP contribution in [0.1, 0.15) is 31.2 Å². The summed E-state index contributed by atoms with van der Waals surface area (Å²) in [5.74, 6) is -0.0425. The molecule has 5 nitrogen and oxygen atoms in total. The van der Waals surface area contributed by atoms with Crippen LogP contribution in [0.15, 0.2) is 24.3 Å². The van der Waals surface area contributed by atoms with Gasteiger partial charge in [-0.15, -0.1) is 0 Å². The normalized spacial score (nSPS) is 10.1. The molecular weight excluding hydrogens is 258 g/mol. The number of carboxylic acid groups (broad SMARTS) is 1. The molecular formula is C15H21NO4. The average Bonchev–Trinajstić information content (AvgIpc) is 2.43. The monoisotopic (exact) mass is 279 g/mol. The Bertz CT molecular complexity index is 459. The zero-order valence-corrected chi connectivity index (χ0v) is 12.0. The summed E-state index contributed by atoms with van der Waals surface area (Å²) in [5, 5.41) is 8.53. The van der Waals surface area contributed by atoms with Crippen molar-refractivity contribution in [2.45, 2.75) is 32.2 Å². The molecule has 1 aromatic carbocycles. The van der Waals surface area contributed by atoms with E-state index in [1.807, 2.05) is 24.3 Å². The number of benzene rings is 1. The first-order valence-electron chi connectivity index (χ1n) is 6.62. The smallest absolute Gasteiger partial charge is 0.303 e. The number of amides is 1. The second-order valence-electron chi connectivity index (χ2n) is 4.66. The van der Waals surface area contributed by atoms with Gasteiger partial charge in [0.25, 0.3) is 0 Å². The van der Waals surface area contributed by atoms with Crippen molar-refractivity contribution in [1.82, 2.24) is 4.90 Å². The van der Waals surface area contributed by atoms with Crippen LogP contribution in [0.5, 0.6) is 5.75 Å². The van der Waals surface area contributed by atoms with Crippen LogP contribution in [-0.4, -0.2) is 36.0 Å². The molecule has 1 amide bonds. The molecule has 1 rings (SSSR count). The lowest BCUT2D eigenvalue weighted by Gasteiger charge is -2.18. The number of para-hydroxylation sites is 1. The van der Waals surface area contributed by atoms with Crippen molar-refractivity contribution >= 4 is 11.9 Å². The zero-order chi connectivity index (χ0) is 15.0. The molecule has 0 saturated carbocycles. The number of hydrogen-bond acceptors (Lipinski definition) is 3. The highest BCUT2D eigenvalue weighted by Crippen LogP contribution is 2.19. The first-order valence-corrected chi connectivity index (χ1v) is 6.62. The van der Waals surface area contributed by atoms with Gasteiger partial charge in [-0.25, -0.2) is 0 Å². The second-order valence-corrected chi connectivity index (χ2v) is 4.66. The highest BCUT2D eigenvalue weighted by molar-refractivity contribution is 5.76. The standard InChI is InChI=1S/C15H21NO4/c1-16(14(17)9-5-6-10-15(18)19)11-12-7-3-4-8-13(12)20-2/h3-4,7-8H,5-6,9-11H2,1-2H3,(H,18,19). The van der Waals surface area contributed by atoms with Crippen molar-refractivity contribution in [2.75, 3.05) is 14.2 Å². The summed E-state index contributed by atoms with van der Waals surface area (Å²) in [6.45, 7) is 0.488. The van der Waals surface area contributed by atoms with Gasteiger partial charge in [-0.2, -0.15) is 0 Å². The van der Waals surface area contributed by atoms with Gasteiger partial charge in [-0.1, -0.05) is 18.2 Å². The van der Waals surface area contributed by atoms with Crippen LogP contribution in [0, 0.1) is 0 Å². The van der Waals surface area contributed by atoms with Crippen LogP contribution < -0.4 is 4.74 Å². The van der Waals surface area contributed by atoms with E-state index in [9.17, 15) is 9.59 Å². The Morgan fingerprint density at radius 1 is 1.20 bits per heavy atom. The minimum absolute atomic E-state index is 0.0151. The third-order valence-corrected chi connectivity index (χ3v) is 3.06. The molecule has 0 aromatic heterocycles. The Kier molecular flexibility index (Phi) is 6.56. The molecule has 0 aliphatic carbocycles. The molecule has 0 bridgehead atoms. The molecule has 0 aliphatic rings. The number of nitrogens with zero attached hydrogens (tertiary/aromatic N) is 1. The van der Waals surface area contributed by atoms with Gasteiger partial charge >= 0.3 is 5.97 Å². The van der Waals surface area contributed by atoms with Gasteiger partial charge in [0.05, 0.1) is 7.11 Å². The lowest BCUT2D eigenvalue weighted by Crippen LogP contribution is -2.26. The summed E-state index contributed by atoms with van der Waals surface area (Å²) in [6.07, 6.45) is 1.62. The van der Waals surface area contributed by atoms with E-state index in [2.05, 4.69) is 0 Å². The zero-order valence-electron chi connectivity index (χ0n) is 12.0. The summed E-state index contributed by atoms with van der Waals surface area (Å²) >= 11 is 0. The maximum atomic E-state index is 11.9. The van der Waals surface area contributed by atoms with Crippen molar-refractivity contribution in [3.63, 3.8) is 0 Å². The van der Waals surface area contributed by atoms with Gasteiger partial charge in [-0.3, -0.25) is 9.59 Å². The number of unbranched alkanes of at least 4 members (excludes halogenated alkanes) is 1. The minimum Gasteiger partial charge on any atom is -0.496 e. The molecule has 20 heavy (non-hydrogen) atoms. The molecule has 1 aromatic rings. The number of carboxylic acids is 1. The second kappa shape index (κ2) is 8.19. The van der Waals surface area contributed by atoms with Gasteiger partial charge in [-0.05, 0) is 18.9 Å². The van der Waals surface area contributed by atoms with E-state index < -0.39 is 5.97 Å². The molecule has 0 fully saturated rings. The Labute approximate surface area is 119 Å². The van der Waals surface area contributed by atoms with E-state index in [1.165, 1.54) is 0 Å². The predicted octanol–water partition coefficient (Wildman–Crippen LogP) is 2.30. The predicted molar refractivity (Wildman–Crippen MR) is 75.6 cm³/mol. The summed E-state index contributed by atoms with van der Waals surface area (Å²) in [4.78, 5) is 23.9. The van der Waals surface area contributed by atoms with Crippen LogP contribution in [0.3, 0.4) is 0 Å². The summed E-state index contributed by atoms with van der Waals surface area (Å²) in [6, 6.07) is 7.58. The van der Waals surface area contributed by atoms with Crippen LogP contribution >= 0.6 is 0 Å². The van der Waals surface area contributed by atoms with Crippen LogP contribution in [0.2, 0.25) is 0 Å². The molecule has 1 N–H and O–H groups in total. The summed E-state index contributed by atoms with van der Waals surface area (Å²) < 4.78 is 5.25. The molecule has 5 heteroatoms. The van der Waals surface area contributed by atoms with E-state index in [4.69, 9.17) is 9.84 Å². The van der Waals surface area contributed by atoms with Gasteiger partial charge in [0, 0.05) is 32.0 Å². The van der Waals surface area contributed by atoms with Gasteiger partial charge < -0.3 is 14.7 Å². The fourth-order valence-electron chi connectivity index (χ4n) is 1.92. The van der Waals surface area contributed by atoms with Crippen LogP contribution in [0.4, 0.5) is 0 Å². The number of rotatable bonds is 8. The Morgan fingerprint density at radius 2 is 1.85 bits per heavy atom. The van der Waals surface area contributed by atoms with Gasteiger partial charge in [0.1, 0.15) is 5.75 Å². The minimum atomic E-state index is -0.820. The van der Waals surface area contributed by atoms with Crippen molar-refractivity contribution in [2.24, 2.45) is 0 Å². The van der Waals surface area contributed by atoms with Crippen molar-refractivity contribution in [3.05, 3.63) is 29.8 Å². The number of aliphatic carboxylic acids is 1. The highest BCUT2D eigenvalue weighted by Gasteiger charge is 2.11. The Morgan fingerprint density at radius 3 is 2.50 bits per heavy atom. The third-order valence-electron chi connectivity index (χ3n) is 3.06. The van der Waals surface area contributed by atoms with Crippen molar-refractivity contribution in [1.29, 1.82) is 0 Å². The topological polar surface area (TPSA) is 66.8 Å². The van der Waals surface area contributed by atoms with E-state index >= 15 is 0 Å². The highest BCUT2D eigenvalue weighted by atomic mass is 16.5. The van der Waals surface area contributed by atoms with Crippen molar-refractivity contribution < 1.29 is 19.4 Å². The Balaban J connectivity index is 2.43. The molecule has 110 valence electrons. The molecule has 0 unspecified atom stereocenters. The lowest BCUT2D eigenvalue weighted by atomic mass is 10.1. The summed E-state index contributed by atoms with van der Waals surface area (Å²) in [7, 11) is 3.35. The molecule has 0 radical (unpaired) electrons. The average molecular weight is 279 g/mol. The van der Waals surface area contributed by atoms with E-state index in [-0.39, 0.29) is 12.3 Å². The summed E-state index contributed by atoms with van der Waals surface area (Å²) in [5.41, 5.74) is 0.955. The molecule has 0 spiro atoms. The fraction of sp³-hybridized carbons (Fsp3) is 0.467. The fourth-order valence-corrected chi connectivity index (χ4v) is 1.92. The number of ether oxygens (including phenoxy) is 1. The maximum Gasteiger partial charge on any atom is 0.303 e. The number of carbonyl (C=O) groups excluding carboxylic acids is 1. The Hall–Kier alpha value is -2.04. The molecule has 0 saturated heterocycles. The van der Waals surface area contributed by atoms with Gasteiger partial charge in [0.2, 0.25) is 5.91 Å². The maximum absolute atomic E-state index is 11.9. The first kappa shape index (κ1) is 16.0. The molecule has 0 aliphatic heterocycles. The molecule has 0 heterocycles. The SMILES string of the molecule is COc1ccccc1CN(C)C(=O)CCCCC(=O)O. The van der Waals surface area contributed by atoms with E-state index in [0.29, 0.717) is 25.8 Å². The number of methoxy groups -OCH3 is 1. The quantitative estimate of drug-likeness (QED) is 0.741. The van der Waals surface area contributed by atoms with Crippen LogP contribution in [0.25, 0.3) is 0 Å².